The molecule has 8 heteroatoms. The summed E-state index contributed by atoms with van der Waals surface area (Å²) in [5.74, 6) is 1.80. The summed E-state index contributed by atoms with van der Waals surface area (Å²) in [5, 5.41) is 0. The number of ether oxygens (including phenoxy) is 2. The normalized spacial score (nSPS) is 11.5. The number of benzene rings is 3. The summed E-state index contributed by atoms with van der Waals surface area (Å²) in [4.78, 5) is 8.14. The Bertz CT molecular complexity index is 1380. The van der Waals surface area contributed by atoms with Gasteiger partial charge in [-0.2, -0.15) is 0 Å². The molecule has 0 aliphatic carbocycles. The highest BCUT2D eigenvalue weighted by molar-refractivity contribution is 7.92. The van der Waals surface area contributed by atoms with E-state index >= 15 is 0 Å². The van der Waals surface area contributed by atoms with Crippen molar-refractivity contribution in [3.8, 4) is 22.9 Å². The van der Waals surface area contributed by atoms with E-state index in [-0.39, 0.29) is 4.90 Å². The zero-order valence-electron chi connectivity index (χ0n) is 18.6. The molecule has 0 spiro atoms. The van der Waals surface area contributed by atoms with Crippen LogP contribution in [-0.2, 0) is 10.0 Å². The van der Waals surface area contributed by atoms with Crippen molar-refractivity contribution < 1.29 is 17.9 Å². The fourth-order valence-electron chi connectivity index (χ4n) is 3.44. The lowest BCUT2D eigenvalue weighted by Gasteiger charge is -2.13. The van der Waals surface area contributed by atoms with Crippen LogP contribution in [0.4, 0.5) is 5.69 Å². The van der Waals surface area contributed by atoms with E-state index < -0.39 is 10.0 Å². The summed E-state index contributed by atoms with van der Waals surface area (Å²) in [7, 11) is -0.578. The largest absolute Gasteiger partial charge is 0.493 e. The fourth-order valence-corrected chi connectivity index (χ4v) is 4.64. The average Bonchev–Trinajstić information content (AvgIpc) is 3.18. The maximum Gasteiger partial charge on any atom is 0.261 e. The molecule has 166 valence electrons. The molecule has 1 heterocycles. The first-order valence-corrected chi connectivity index (χ1v) is 11.5. The topological polar surface area (TPSA) is 93.3 Å². The lowest BCUT2D eigenvalue weighted by Crippen LogP contribution is -2.14. The monoisotopic (exact) mass is 451 g/mol. The van der Waals surface area contributed by atoms with Crippen LogP contribution in [-0.4, -0.2) is 32.6 Å². The van der Waals surface area contributed by atoms with E-state index in [2.05, 4.69) is 14.7 Å². The Hall–Kier alpha value is -3.52. The van der Waals surface area contributed by atoms with E-state index in [1.807, 2.05) is 45.0 Å². The third kappa shape index (κ3) is 4.01. The molecule has 0 saturated carbocycles. The Kier molecular flexibility index (Phi) is 5.56. The quantitative estimate of drug-likeness (QED) is 0.432. The van der Waals surface area contributed by atoms with Crippen molar-refractivity contribution in [3.05, 3.63) is 65.2 Å². The van der Waals surface area contributed by atoms with Gasteiger partial charge in [-0.3, -0.25) is 4.72 Å². The molecule has 0 fully saturated rings. The van der Waals surface area contributed by atoms with E-state index in [1.54, 1.807) is 38.5 Å². The second-order valence-corrected chi connectivity index (χ2v) is 9.37. The van der Waals surface area contributed by atoms with Crippen LogP contribution in [0, 0.1) is 20.8 Å². The first kappa shape index (κ1) is 21.7. The zero-order chi connectivity index (χ0) is 23.0. The third-order valence-corrected chi connectivity index (χ3v) is 6.89. The Balaban J connectivity index is 1.72. The zero-order valence-corrected chi connectivity index (χ0v) is 19.4. The molecule has 4 aromatic rings. The molecule has 0 atom stereocenters. The average molecular weight is 452 g/mol. The van der Waals surface area contributed by atoms with Gasteiger partial charge in [0.05, 0.1) is 35.8 Å². The highest BCUT2D eigenvalue weighted by Gasteiger charge is 2.17. The van der Waals surface area contributed by atoms with Gasteiger partial charge in [0.2, 0.25) is 0 Å². The number of aryl methyl sites for hydroxylation is 3. The second kappa shape index (κ2) is 8.20. The van der Waals surface area contributed by atoms with E-state index in [1.165, 1.54) is 0 Å². The predicted molar refractivity (Wildman–Crippen MR) is 126 cm³/mol. The van der Waals surface area contributed by atoms with Gasteiger partial charge in [0.15, 0.2) is 11.5 Å². The number of methoxy groups -OCH3 is 2. The number of sulfonamides is 1. The summed E-state index contributed by atoms with van der Waals surface area (Å²) in [5.41, 5.74) is 5.53. The van der Waals surface area contributed by atoms with Crippen LogP contribution in [0.15, 0.2) is 53.4 Å². The molecule has 0 unspecified atom stereocenters. The molecule has 1 aromatic heterocycles. The highest BCUT2D eigenvalue weighted by atomic mass is 32.2. The minimum absolute atomic E-state index is 0.230. The smallest absolute Gasteiger partial charge is 0.261 e. The number of fused-ring (bicyclic) bond motifs is 1. The van der Waals surface area contributed by atoms with Crippen LogP contribution in [0.2, 0.25) is 0 Å². The van der Waals surface area contributed by atoms with Crippen LogP contribution in [0.25, 0.3) is 22.4 Å². The number of imidazole rings is 1. The molecule has 0 radical (unpaired) electrons. The third-order valence-electron chi connectivity index (χ3n) is 5.53. The summed E-state index contributed by atoms with van der Waals surface area (Å²) < 4.78 is 39.4. The standard InChI is InChI=1S/C24H25N3O4S/c1-14-7-9-18(10-16(14)3)32(28,29)27-19-11-17(8-6-15(19)2)24-25-20-12-22(30-4)23(31-5)13-21(20)26-24/h6-13,27H,1-5H3,(H,25,26). The predicted octanol–water partition coefficient (Wildman–Crippen LogP) is 4.97. The number of aromatic amines is 1. The molecule has 4 rings (SSSR count). The van der Waals surface area contributed by atoms with Crippen molar-refractivity contribution in [2.45, 2.75) is 25.7 Å². The van der Waals surface area contributed by atoms with Gasteiger partial charge in [0, 0.05) is 17.7 Å². The van der Waals surface area contributed by atoms with Crippen molar-refractivity contribution in [1.29, 1.82) is 0 Å². The fraction of sp³-hybridized carbons (Fsp3) is 0.208. The summed E-state index contributed by atoms with van der Waals surface area (Å²) >= 11 is 0. The molecule has 32 heavy (non-hydrogen) atoms. The number of hydrogen-bond acceptors (Lipinski definition) is 5. The van der Waals surface area contributed by atoms with Crippen molar-refractivity contribution in [2.24, 2.45) is 0 Å². The summed E-state index contributed by atoms with van der Waals surface area (Å²) in [6.07, 6.45) is 0. The maximum atomic E-state index is 13.0. The Labute approximate surface area is 187 Å². The van der Waals surface area contributed by atoms with Gasteiger partial charge in [-0.15, -0.1) is 0 Å². The molecule has 2 N–H and O–H groups in total. The minimum Gasteiger partial charge on any atom is -0.493 e. The number of nitrogens with zero attached hydrogens (tertiary/aromatic N) is 1. The SMILES string of the molecule is COc1cc2nc(-c3ccc(C)c(NS(=O)(=O)c4ccc(C)c(C)c4)c3)[nH]c2cc1OC. The number of H-pyrrole nitrogens is 1. The number of rotatable bonds is 6. The minimum atomic E-state index is -3.73. The van der Waals surface area contributed by atoms with E-state index in [4.69, 9.17) is 9.47 Å². The van der Waals surface area contributed by atoms with Gasteiger partial charge in [0.1, 0.15) is 5.82 Å². The van der Waals surface area contributed by atoms with Crippen molar-refractivity contribution in [2.75, 3.05) is 18.9 Å². The molecular formula is C24H25N3O4S. The molecule has 0 amide bonds. The van der Waals surface area contributed by atoms with Crippen LogP contribution >= 0.6 is 0 Å². The lowest BCUT2D eigenvalue weighted by atomic mass is 10.1. The van der Waals surface area contributed by atoms with Crippen molar-refractivity contribution in [3.63, 3.8) is 0 Å². The van der Waals surface area contributed by atoms with Crippen molar-refractivity contribution in [1.82, 2.24) is 9.97 Å². The van der Waals surface area contributed by atoms with Crippen LogP contribution in [0.3, 0.4) is 0 Å². The molecule has 3 aromatic carbocycles. The first-order valence-electron chi connectivity index (χ1n) is 10.0. The van der Waals surface area contributed by atoms with Crippen molar-refractivity contribution >= 4 is 26.7 Å². The Morgan fingerprint density at radius 1 is 0.844 bits per heavy atom. The number of aromatic nitrogens is 2. The van der Waals surface area contributed by atoms with Gasteiger partial charge in [-0.25, -0.2) is 13.4 Å². The van der Waals surface area contributed by atoms with Gasteiger partial charge in [-0.1, -0.05) is 18.2 Å². The Morgan fingerprint density at radius 3 is 2.22 bits per heavy atom. The molecule has 7 nitrogen and oxygen atoms in total. The van der Waals surface area contributed by atoms with E-state index in [0.29, 0.717) is 23.0 Å². The number of nitrogens with one attached hydrogen (secondary N) is 2. The summed E-state index contributed by atoms with van der Waals surface area (Å²) in [6, 6.07) is 14.3. The molecule has 0 bridgehead atoms. The number of hydrogen-bond donors (Lipinski definition) is 2. The number of anilines is 1. The molecule has 0 saturated heterocycles. The second-order valence-electron chi connectivity index (χ2n) is 7.69. The lowest BCUT2D eigenvalue weighted by molar-refractivity contribution is 0.356. The first-order chi connectivity index (χ1) is 15.2. The van der Waals surface area contributed by atoms with E-state index in [0.717, 1.165) is 33.3 Å². The van der Waals surface area contributed by atoms with E-state index in [9.17, 15) is 8.42 Å². The molecule has 0 aliphatic rings. The van der Waals surface area contributed by atoms with Crippen LogP contribution in [0.5, 0.6) is 11.5 Å². The van der Waals surface area contributed by atoms with Gasteiger partial charge < -0.3 is 14.5 Å². The summed E-state index contributed by atoms with van der Waals surface area (Å²) in [6.45, 7) is 5.70. The van der Waals surface area contributed by atoms with Gasteiger partial charge >= 0.3 is 0 Å². The van der Waals surface area contributed by atoms with Gasteiger partial charge in [-0.05, 0) is 55.7 Å². The van der Waals surface area contributed by atoms with Crippen LogP contribution < -0.4 is 14.2 Å². The van der Waals surface area contributed by atoms with Crippen LogP contribution in [0.1, 0.15) is 16.7 Å². The van der Waals surface area contributed by atoms with Gasteiger partial charge in [0.25, 0.3) is 10.0 Å². The molecule has 0 aliphatic heterocycles. The maximum absolute atomic E-state index is 13.0. The Morgan fingerprint density at radius 2 is 1.53 bits per heavy atom. The molecular weight excluding hydrogens is 426 g/mol. The highest BCUT2D eigenvalue weighted by Crippen LogP contribution is 2.33.